The molecule has 2 fully saturated rings. The average Bonchev–Trinajstić information content (AvgIpc) is 2.88. The molecule has 0 aliphatic carbocycles. The molecule has 1 aromatic rings. The van der Waals surface area contributed by atoms with Crippen molar-refractivity contribution in [1.82, 2.24) is 10.2 Å². The predicted molar refractivity (Wildman–Crippen MR) is 72.2 cm³/mol. The molecule has 0 bridgehead atoms. The molecule has 2 saturated heterocycles. The standard InChI is InChI=1S/C13H14Cl2N2O/c14-10-2-1-3-11(15)12(10)13(18)17-6-8-4-16-5-9(8)7-17/h1-3,8-9,16H,4-7H2/t8-,9+. The van der Waals surface area contributed by atoms with Gasteiger partial charge in [-0.1, -0.05) is 29.3 Å². The maximum Gasteiger partial charge on any atom is 0.256 e. The number of likely N-dealkylation sites (tertiary alicyclic amines) is 1. The fraction of sp³-hybridized carbons (Fsp3) is 0.462. The molecule has 0 saturated carbocycles. The van der Waals surface area contributed by atoms with Gasteiger partial charge in [0.2, 0.25) is 0 Å². The first-order chi connectivity index (χ1) is 8.66. The van der Waals surface area contributed by atoms with Crippen LogP contribution in [0.2, 0.25) is 10.0 Å². The van der Waals surface area contributed by atoms with Crippen molar-refractivity contribution >= 4 is 29.1 Å². The van der Waals surface area contributed by atoms with Crippen LogP contribution >= 0.6 is 23.2 Å². The molecule has 18 heavy (non-hydrogen) atoms. The van der Waals surface area contributed by atoms with Crippen LogP contribution in [0.1, 0.15) is 10.4 Å². The van der Waals surface area contributed by atoms with Crippen molar-refractivity contribution in [2.24, 2.45) is 11.8 Å². The van der Waals surface area contributed by atoms with Crippen LogP contribution in [0.25, 0.3) is 0 Å². The Kier molecular flexibility index (Phi) is 3.22. The van der Waals surface area contributed by atoms with Gasteiger partial charge in [-0.05, 0) is 24.0 Å². The van der Waals surface area contributed by atoms with Crippen LogP contribution in [-0.2, 0) is 0 Å². The van der Waals surface area contributed by atoms with Gasteiger partial charge in [0, 0.05) is 26.2 Å². The number of amides is 1. The maximum absolute atomic E-state index is 12.5. The van der Waals surface area contributed by atoms with E-state index in [0.717, 1.165) is 26.2 Å². The van der Waals surface area contributed by atoms with Gasteiger partial charge in [0.1, 0.15) is 0 Å². The van der Waals surface area contributed by atoms with Gasteiger partial charge in [-0.25, -0.2) is 0 Å². The highest BCUT2D eigenvalue weighted by Crippen LogP contribution is 2.31. The van der Waals surface area contributed by atoms with Crippen molar-refractivity contribution in [2.75, 3.05) is 26.2 Å². The second-order valence-electron chi connectivity index (χ2n) is 4.99. The first-order valence-electron chi connectivity index (χ1n) is 6.11. The molecule has 5 heteroatoms. The molecule has 1 amide bonds. The summed E-state index contributed by atoms with van der Waals surface area (Å²) in [4.78, 5) is 14.3. The first kappa shape index (κ1) is 12.3. The van der Waals surface area contributed by atoms with Crippen LogP contribution in [0.4, 0.5) is 0 Å². The van der Waals surface area contributed by atoms with E-state index in [2.05, 4.69) is 5.32 Å². The molecule has 2 aliphatic heterocycles. The molecule has 96 valence electrons. The van der Waals surface area contributed by atoms with Crippen LogP contribution in [0.3, 0.4) is 0 Å². The number of fused-ring (bicyclic) bond motifs is 1. The Labute approximate surface area is 116 Å². The predicted octanol–water partition coefficient (Wildman–Crippen LogP) is 2.28. The van der Waals surface area contributed by atoms with Gasteiger partial charge in [0.15, 0.2) is 0 Å². The van der Waals surface area contributed by atoms with E-state index in [1.54, 1.807) is 18.2 Å². The van der Waals surface area contributed by atoms with Crippen LogP contribution in [0.15, 0.2) is 18.2 Å². The van der Waals surface area contributed by atoms with Crippen molar-refractivity contribution in [3.05, 3.63) is 33.8 Å². The Morgan fingerprint density at radius 3 is 2.28 bits per heavy atom. The minimum atomic E-state index is -0.0417. The molecule has 0 radical (unpaired) electrons. The van der Waals surface area contributed by atoms with E-state index in [0.29, 0.717) is 27.4 Å². The minimum Gasteiger partial charge on any atom is -0.338 e. The summed E-state index contributed by atoms with van der Waals surface area (Å²) in [6.45, 7) is 3.62. The largest absolute Gasteiger partial charge is 0.338 e. The third-order valence-electron chi connectivity index (χ3n) is 3.85. The number of carbonyl (C=O) groups is 1. The Bertz CT molecular complexity index is 460. The Morgan fingerprint density at radius 2 is 1.72 bits per heavy atom. The third-order valence-corrected chi connectivity index (χ3v) is 4.48. The third kappa shape index (κ3) is 2.00. The summed E-state index contributed by atoms with van der Waals surface area (Å²) in [6, 6.07) is 5.17. The fourth-order valence-electron chi connectivity index (χ4n) is 2.88. The first-order valence-corrected chi connectivity index (χ1v) is 6.86. The lowest BCUT2D eigenvalue weighted by Gasteiger charge is -2.19. The quantitative estimate of drug-likeness (QED) is 0.858. The van der Waals surface area contributed by atoms with Gasteiger partial charge in [0.05, 0.1) is 15.6 Å². The molecule has 3 rings (SSSR count). The average molecular weight is 285 g/mol. The zero-order chi connectivity index (χ0) is 12.7. The molecule has 0 aromatic heterocycles. The molecule has 0 unspecified atom stereocenters. The Balaban J connectivity index is 1.83. The molecule has 1 N–H and O–H groups in total. The Hall–Kier alpha value is -0.770. The smallest absolute Gasteiger partial charge is 0.256 e. The van der Waals surface area contributed by atoms with Crippen LogP contribution in [0.5, 0.6) is 0 Å². The highest BCUT2D eigenvalue weighted by molar-refractivity contribution is 6.39. The minimum absolute atomic E-state index is 0.0417. The van der Waals surface area contributed by atoms with E-state index in [4.69, 9.17) is 23.2 Å². The molecule has 0 spiro atoms. The van der Waals surface area contributed by atoms with Crippen molar-refractivity contribution in [2.45, 2.75) is 0 Å². The molecule has 2 aliphatic rings. The molecule has 1 aromatic carbocycles. The van der Waals surface area contributed by atoms with Gasteiger partial charge < -0.3 is 10.2 Å². The SMILES string of the molecule is O=C(c1c(Cl)cccc1Cl)N1C[C@H]2CNC[C@H]2C1. The maximum atomic E-state index is 12.5. The van der Waals surface area contributed by atoms with E-state index < -0.39 is 0 Å². The number of hydrogen-bond acceptors (Lipinski definition) is 2. The highest BCUT2D eigenvalue weighted by Gasteiger charge is 2.38. The van der Waals surface area contributed by atoms with Crippen LogP contribution in [0, 0.1) is 11.8 Å². The van der Waals surface area contributed by atoms with Gasteiger partial charge in [-0.15, -0.1) is 0 Å². The summed E-state index contributed by atoms with van der Waals surface area (Å²) in [5.41, 5.74) is 0.439. The number of halogens is 2. The summed E-state index contributed by atoms with van der Waals surface area (Å²) in [5, 5.41) is 4.22. The van der Waals surface area contributed by atoms with Crippen LogP contribution in [-0.4, -0.2) is 37.0 Å². The fourth-order valence-corrected chi connectivity index (χ4v) is 3.44. The second kappa shape index (κ2) is 4.72. The van der Waals surface area contributed by atoms with E-state index in [1.165, 1.54) is 0 Å². The summed E-state index contributed by atoms with van der Waals surface area (Å²) >= 11 is 12.2. The molecular formula is C13H14Cl2N2O. The second-order valence-corrected chi connectivity index (χ2v) is 5.80. The zero-order valence-corrected chi connectivity index (χ0v) is 11.3. The zero-order valence-electron chi connectivity index (χ0n) is 9.83. The summed E-state index contributed by atoms with van der Waals surface area (Å²) in [7, 11) is 0. The Morgan fingerprint density at radius 1 is 1.17 bits per heavy atom. The van der Waals surface area contributed by atoms with Gasteiger partial charge in [-0.3, -0.25) is 4.79 Å². The van der Waals surface area contributed by atoms with Gasteiger partial charge in [-0.2, -0.15) is 0 Å². The topological polar surface area (TPSA) is 32.3 Å². The molecule has 2 heterocycles. The number of rotatable bonds is 1. The lowest BCUT2D eigenvalue weighted by Crippen LogP contribution is -2.32. The van der Waals surface area contributed by atoms with Crippen molar-refractivity contribution in [1.29, 1.82) is 0 Å². The normalized spacial score (nSPS) is 26.4. The van der Waals surface area contributed by atoms with E-state index in [1.807, 2.05) is 4.90 Å². The number of nitrogens with zero attached hydrogens (tertiary/aromatic N) is 1. The van der Waals surface area contributed by atoms with Crippen molar-refractivity contribution < 1.29 is 4.79 Å². The summed E-state index contributed by atoms with van der Waals surface area (Å²) < 4.78 is 0. The monoisotopic (exact) mass is 284 g/mol. The van der Waals surface area contributed by atoms with E-state index in [9.17, 15) is 4.79 Å². The number of benzene rings is 1. The van der Waals surface area contributed by atoms with Crippen molar-refractivity contribution in [3.8, 4) is 0 Å². The lowest BCUT2D eigenvalue weighted by molar-refractivity contribution is 0.0782. The number of carbonyl (C=O) groups excluding carboxylic acids is 1. The molecule has 2 atom stereocenters. The van der Waals surface area contributed by atoms with Gasteiger partial charge in [0.25, 0.3) is 5.91 Å². The summed E-state index contributed by atoms with van der Waals surface area (Å²) in [6.07, 6.45) is 0. The summed E-state index contributed by atoms with van der Waals surface area (Å²) in [5.74, 6) is 1.12. The van der Waals surface area contributed by atoms with E-state index >= 15 is 0 Å². The number of hydrogen-bond donors (Lipinski definition) is 1. The van der Waals surface area contributed by atoms with Gasteiger partial charge >= 0.3 is 0 Å². The van der Waals surface area contributed by atoms with Crippen molar-refractivity contribution in [3.63, 3.8) is 0 Å². The molecular weight excluding hydrogens is 271 g/mol. The lowest BCUT2D eigenvalue weighted by atomic mass is 10.0. The number of nitrogens with one attached hydrogen (secondary N) is 1. The van der Waals surface area contributed by atoms with Crippen LogP contribution < -0.4 is 5.32 Å². The van der Waals surface area contributed by atoms with E-state index in [-0.39, 0.29) is 5.91 Å². The highest BCUT2D eigenvalue weighted by atomic mass is 35.5. The molecule has 3 nitrogen and oxygen atoms in total.